The molecule has 4 heteroatoms. The Balaban J connectivity index is 2.54. The van der Waals surface area contributed by atoms with Crippen molar-refractivity contribution in [1.29, 1.82) is 0 Å². The van der Waals surface area contributed by atoms with Crippen molar-refractivity contribution in [2.75, 3.05) is 5.32 Å². The zero-order valence-electron chi connectivity index (χ0n) is 10.0. The number of carbonyl (C=O) groups excluding carboxylic acids is 2. The fourth-order valence-electron chi connectivity index (χ4n) is 1.56. The summed E-state index contributed by atoms with van der Waals surface area (Å²) in [6.45, 7) is 2.11. The molecule has 0 saturated heterocycles. The van der Waals surface area contributed by atoms with Gasteiger partial charge in [-0.1, -0.05) is 19.8 Å². The van der Waals surface area contributed by atoms with Gasteiger partial charge in [0.1, 0.15) is 0 Å². The number of carbonyl (C=O) groups is 2. The van der Waals surface area contributed by atoms with Gasteiger partial charge in [-0.2, -0.15) is 0 Å². The lowest BCUT2D eigenvalue weighted by Crippen LogP contribution is -2.19. The van der Waals surface area contributed by atoms with E-state index in [9.17, 15) is 9.59 Å². The van der Waals surface area contributed by atoms with Gasteiger partial charge in [0.25, 0.3) is 0 Å². The van der Waals surface area contributed by atoms with E-state index in [4.69, 9.17) is 5.73 Å². The molecule has 1 aromatic rings. The molecule has 1 aromatic carbocycles. The molecule has 0 aliphatic carbocycles. The summed E-state index contributed by atoms with van der Waals surface area (Å²) < 4.78 is 0. The van der Waals surface area contributed by atoms with E-state index >= 15 is 0 Å². The van der Waals surface area contributed by atoms with Crippen molar-refractivity contribution in [2.24, 2.45) is 5.73 Å². The number of rotatable bonds is 6. The topological polar surface area (TPSA) is 72.2 Å². The number of Topliss-reactive ketones (excluding diaryl/α,β-unsaturated/α-hetero) is 1. The van der Waals surface area contributed by atoms with E-state index in [1.165, 1.54) is 0 Å². The Morgan fingerprint density at radius 2 is 1.82 bits per heavy atom. The number of nitrogens with two attached hydrogens (primary N) is 1. The summed E-state index contributed by atoms with van der Waals surface area (Å²) in [6.07, 6.45) is 3.69. The van der Waals surface area contributed by atoms with Gasteiger partial charge in [0.2, 0.25) is 0 Å². The lowest BCUT2D eigenvalue weighted by Gasteiger charge is -2.03. The third kappa shape index (κ3) is 4.68. The largest absolute Gasteiger partial charge is 0.351 e. The number of anilines is 1. The van der Waals surface area contributed by atoms with Crippen molar-refractivity contribution >= 4 is 17.5 Å². The van der Waals surface area contributed by atoms with Crippen LogP contribution in [0.4, 0.5) is 10.5 Å². The molecule has 92 valence electrons. The minimum Gasteiger partial charge on any atom is -0.351 e. The molecule has 0 saturated carbocycles. The summed E-state index contributed by atoms with van der Waals surface area (Å²) in [6, 6.07) is 6.17. The first-order valence-electron chi connectivity index (χ1n) is 5.83. The molecule has 0 unspecified atom stereocenters. The van der Waals surface area contributed by atoms with Gasteiger partial charge in [-0.15, -0.1) is 0 Å². The molecule has 0 aliphatic heterocycles. The van der Waals surface area contributed by atoms with Crippen LogP contribution in [0.25, 0.3) is 0 Å². The van der Waals surface area contributed by atoms with E-state index in [0.717, 1.165) is 19.3 Å². The molecular formula is C13H18N2O2. The quantitative estimate of drug-likeness (QED) is 0.586. The van der Waals surface area contributed by atoms with E-state index in [0.29, 0.717) is 17.7 Å². The fraction of sp³-hybridized carbons (Fsp3) is 0.385. The zero-order chi connectivity index (χ0) is 12.7. The average Bonchev–Trinajstić information content (AvgIpc) is 2.29. The SMILES string of the molecule is CCCCCC(=O)c1ccc(NC(N)=O)cc1. The summed E-state index contributed by atoms with van der Waals surface area (Å²) >= 11 is 0. The molecule has 3 N–H and O–H groups in total. The van der Waals surface area contributed by atoms with E-state index < -0.39 is 6.03 Å². The summed E-state index contributed by atoms with van der Waals surface area (Å²) in [7, 11) is 0. The summed E-state index contributed by atoms with van der Waals surface area (Å²) in [5.74, 6) is 0.143. The van der Waals surface area contributed by atoms with E-state index in [1.807, 2.05) is 0 Å². The lowest BCUT2D eigenvalue weighted by molar-refractivity contribution is 0.0979. The van der Waals surface area contributed by atoms with E-state index in [1.54, 1.807) is 24.3 Å². The Labute approximate surface area is 101 Å². The predicted octanol–water partition coefficient (Wildman–Crippen LogP) is 2.94. The molecule has 0 aliphatic rings. The molecule has 2 amide bonds. The highest BCUT2D eigenvalue weighted by molar-refractivity contribution is 5.96. The Morgan fingerprint density at radius 1 is 1.18 bits per heavy atom. The summed E-state index contributed by atoms with van der Waals surface area (Å²) in [4.78, 5) is 22.3. The van der Waals surface area contributed by atoms with Crippen molar-refractivity contribution in [3.8, 4) is 0 Å². The van der Waals surface area contributed by atoms with Crippen LogP contribution >= 0.6 is 0 Å². The molecule has 0 bridgehead atoms. The average molecular weight is 234 g/mol. The van der Waals surface area contributed by atoms with Gasteiger partial charge < -0.3 is 11.1 Å². The Hall–Kier alpha value is -1.84. The molecule has 0 heterocycles. The van der Waals surface area contributed by atoms with Crippen LogP contribution in [0.1, 0.15) is 43.0 Å². The maximum atomic E-state index is 11.7. The van der Waals surface area contributed by atoms with Crippen LogP contribution in [-0.4, -0.2) is 11.8 Å². The van der Waals surface area contributed by atoms with Crippen LogP contribution < -0.4 is 11.1 Å². The predicted molar refractivity (Wildman–Crippen MR) is 68.1 cm³/mol. The Bertz CT molecular complexity index is 385. The van der Waals surface area contributed by atoms with Crippen molar-refractivity contribution in [3.63, 3.8) is 0 Å². The summed E-state index contributed by atoms with van der Waals surface area (Å²) in [5, 5.41) is 2.45. The highest BCUT2D eigenvalue weighted by Gasteiger charge is 2.05. The third-order valence-corrected chi connectivity index (χ3v) is 2.48. The van der Waals surface area contributed by atoms with Gasteiger partial charge in [-0.3, -0.25) is 4.79 Å². The molecule has 1 rings (SSSR count). The monoisotopic (exact) mass is 234 g/mol. The van der Waals surface area contributed by atoms with Gasteiger partial charge in [0.05, 0.1) is 0 Å². The van der Waals surface area contributed by atoms with Crippen LogP contribution in [0, 0.1) is 0 Å². The second-order valence-corrected chi connectivity index (χ2v) is 3.95. The minimum atomic E-state index is -0.605. The van der Waals surface area contributed by atoms with Crippen LogP contribution in [0.5, 0.6) is 0 Å². The number of hydrogen-bond donors (Lipinski definition) is 2. The second kappa shape index (κ2) is 6.68. The Morgan fingerprint density at radius 3 is 2.35 bits per heavy atom. The normalized spacial score (nSPS) is 9.94. The molecular weight excluding hydrogens is 216 g/mol. The number of primary amides is 1. The number of hydrogen-bond acceptors (Lipinski definition) is 2. The van der Waals surface area contributed by atoms with Gasteiger partial charge in [0, 0.05) is 17.7 Å². The Kier molecular flexibility index (Phi) is 5.20. The van der Waals surface area contributed by atoms with Crippen LogP contribution in [-0.2, 0) is 0 Å². The van der Waals surface area contributed by atoms with Gasteiger partial charge >= 0.3 is 6.03 Å². The number of benzene rings is 1. The highest BCUT2D eigenvalue weighted by atomic mass is 16.2. The molecule has 0 fully saturated rings. The number of unbranched alkanes of at least 4 members (excludes halogenated alkanes) is 2. The molecule has 4 nitrogen and oxygen atoms in total. The van der Waals surface area contributed by atoms with Gasteiger partial charge in [0.15, 0.2) is 5.78 Å². The first kappa shape index (κ1) is 13.2. The molecule has 17 heavy (non-hydrogen) atoms. The second-order valence-electron chi connectivity index (χ2n) is 3.95. The molecule has 0 atom stereocenters. The van der Waals surface area contributed by atoms with Crippen LogP contribution in [0.15, 0.2) is 24.3 Å². The number of nitrogens with one attached hydrogen (secondary N) is 1. The molecule has 0 aromatic heterocycles. The first-order chi connectivity index (χ1) is 8.13. The van der Waals surface area contributed by atoms with Crippen molar-refractivity contribution < 1.29 is 9.59 Å². The minimum absolute atomic E-state index is 0.143. The van der Waals surface area contributed by atoms with Crippen LogP contribution in [0.2, 0.25) is 0 Å². The number of amides is 2. The number of ketones is 1. The summed E-state index contributed by atoms with van der Waals surface area (Å²) in [5.41, 5.74) is 6.26. The maximum absolute atomic E-state index is 11.7. The van der Waals surface area contributed by atoms with Gasteiger partial charge in [-0.05, 0) is 30.7 Å². The molecule has 0 radical (unpaired) electrons. The zero-order valence-corrected chi connectivity index (χ0v) is 10.0. The maximum Gasteiger partial charge on any atom is 0.316 e. The molecule has 0 spiro atoms. The smallest absolute Gasteiger partial charge is 0.316 e. The van der Waals surface area contributed by atoms with Crippen molar-refractivity contribution in [1.82, 2.24) is 0 Å². The standard InChI is InChI=1S/C13H18N2O2/c1-2-3-4-5-12(16)10-6-8-11(9-7-10)15-13(14)17/h6-9H,2-5H2,1H3,(H3,14,15,17). The van der Waals surface area contributed by atoms with Crippen molar-refractivity contribution in [3.05, 3.63) is 29.8 Å². The third-order valence-electron chi connectivity index (χ3n) is 2.48. The first-order valence-corrected chi connectivity index (χ1v) is 5.83. The lowest BCUT2D eigenvalue weighted by atomic mass is 10.0. The highest BCUT2D eigenvalue weighted by Crippen LogP contribution is 2.12. The van der Waals surface area contributed by atoms with E-state index in [-0.39, 0.29) is 5.78 Å². The van der Waals surface area contributed by atoms with E-state index in [2.05, 4.69) is 12.2 Å². The van der Waals surface area contributed by atoms with Crippen LogP contribution in [0.3, 0.4) is 0 Å². The fourth-order valence-corrected chi connectivity index (χ4v) is 1.56. The number of urea groups is 1. The van der Waals surface area contributed by atoms with Crippen molar-refractivity contribution in [2.45, 2.75) is 32.6 Å². The van der Waals surface area contributed by atoms with Gasteiger partial charge in [-0.25, -0.2) is 4.79 Å².